The van der Waals surface area contributed by atoms with Crippen LogP contribution in [0.5, 0.6) is 0 Å². The minimum atomic E-state index is -0.312. The monoisotopic (exact) mass is 235 g/mol. The predicted octanol–water partition coefficient (Wildman–Crippen LogP) is 1.54. The van der Waals surface area contributed by atoms with Crippen LogP contribution in [0.3, 0.4) is 0 Å². The van der Waals surface area contributed by atoms with Gasteiger partial charge in [-0.2, -0.15) is 0 Å². The van der Waals surface area contributed by atoms with E-state index in [0.29, 0.717) is 17.4 Å². The lowest BCUT2D eigenvalue weighted by atomic mass is 10.0. The molecule has 0 aliphatic carbocycles. The standard InChI is InChI=1S/C13H14FNO2/c14-12-3-1-9(2-4-12)13(16)15-5-10-7-17-8-11(10)6-15/h1-4,10-11H,5-8H2/t10-,11+. The normalized spacial score (nSPS) is 27.2. The molecule has 17 heavy (non-hydrogen) atoms. The van der Waals surface area contributed by atoms with Crippen LogP contribution >= 0.6 is 0 Å². The maximum absolute atomic E-state index is 12.8. The highest BCUT2D eigenvalue weighted by atomic mass is 19.1. The van der Waals surface area contributed by atoms with Gasteiger partial charge in [-0.15, -0.1) is 0 Å². The Morgan fingerprint density at radius 3 is 2.35 bits per heavy atom. The third-order valence-electron chi connectivity index (χ3n) is 3.62. The highest BCUT2D eigenvalue weighted by molar-refractivity contribution is 5.94. The highest BCUT2D eigenvalue weighted by Crippen LogP contribution is 2.29. The number of hydrogen-bond acceptors (Lipinski definition) is 2. The molecule has 1 amide bonds. The van der Waals surface area contributed by atoms with Crippen molar-refractivity contribution in [3.8, 4) is 0 Å². The smallest absolute Gasteiger partial charge is 0.253 e. The number of carbonyl (C=O) groups is 1. The van der Waals surface area contributed by atoms with Crippen molar-refractivity contribution >= 4 is 5.91 Å². The molecule has 2 atom stereocenters. The Morgan fingerprint density at radius 1 is 1.18 bits per heavy atom. The molecule has 2 fully saturated rings. The van der Waals surface area contributed by atoms with Gasteiger partial charge in [-0.3, -0.25) is 4.79 Å². The van der Waals surface area contributed by atoms with Gasteiger partial charge in [-0.25, -0.2) is 4.39 Å². The van der Waals surface area contributed by atoms with Crippen LogP contribution in [-0.2, 0) is 4.74 Å². The summed E-state index contributed by atoms with van der Waals surface area (Å²) in [6.45, 7) is 3.05. The summed E-state index contributed by atoms with van der Waals surface area (Å²) in [5.41, 5.74) is 0.562. The number of halogens is 1. The van der Waals surface area contributed by atoms with Crippen molar-refractivity contribution in [1.82, 2.24) is 4.90 Å². The van der Waals surface area contributed by atoms with Crippen LogP contribution < -0.4 is 0 Å². The van der Waals surface area contributed by atoms with Crippen LogP contribution in [0.2, 0.25) is 0 Å². The number of fused-ring (bicyclic) bond motifs is 1. The molecule has 0 aromatic heterocycles. The van der Waals surface area contributed by atoms with Crippen molar-refractivity contribution in [2.75, 3.05) is 26.3 Å². The van der Waals surface area contributed by atoms with Crippen LogP contribution in [-0.4, -0.2) is 37.1 Å². The van der Waals surface area contributed by atoms with E-state index in [9.17, 15) is 9.18 Å². The molecule has 1 aromatic carbocycles. The zero-order chi connectivity index (χ0) is 11.8. The van der Waals surface area contributed by atoms with Gasteiger partial charge in [0.2, 0.25) is 0 Å². The average Bonchev–Trinajstić information content (AvgIpc) is 2.89. The number of benzene rings is 1. The fourth-order valence-electron chi connectivity index (χ4n) is 2.63. The third-order valence-corrected chi connectivity index (χ3v) is 3.62. The fourth-order valence-corrected chi connectivity index (χ4v) is 2.63. The summed E-state index contributed by atoms with van der Waals surface area (Å²) < 4.78 is 18.1. The van der Waals surface area contributed by atoms with Crippen LogP contribution in [0.1, 0.15) is 10.4 Å². The summed E-state index contributed by atoms with van der Waals surface area (Å²) in [7, 11) is 0. The minimum absolute atomic E-state index is 0.000556. The maximum atomic E-state index is 12.8. The van der Waals surface area contributed by atoms with E-state index >= 15 is 0 Å². The first-order chi connectivity index (χ1) is 8.24. The lowest BCUT2D eigenvalue weighted by Gasteiger charge is -2.17. The number of likely N-dealkylation sites (tertiary alicyclic amines) is 1. The van der Waals surface area contributed by atoms with Crippen molar-refractivity contribution in [2.24, 2.45) is 11.8 Å². The molecule has 0 spiro atoms. The summed E-state index contributed by atoms with van der Waals surface area (Å²) in [6.07, 6.45) is 0. The number of hydrogen-bond donors (Lipinski definition) is 0. The van der Waals surface area contributed by atoms with Crippen molar-refractivity contribution in [1.29, 1.82) is 0 Å². The molecule has 3 nitrogen and oxygen atoms in total. The molecule has 0 unspecified atom stereocenters. The van der Waals surface area contributed by atoms with E-state index in [2.05, 4.69) is 0 Å². The molecule has 2 aliphatic rings. The Balaban J connectivity index is 1.73. The Morgan fingerprint density at radius 2 is 1.76 bits per heavy atom. The number of carbonyl (C=O) groups excluding carboxylic acids is 1. The Kier molecular flexibility index (Phi) is 2.59. The van der Waals surface area contributed by atoms with Crippen LogP contribution in [0.4, 0.5) is 4.39 Å². The molecule has 0 radical (unpaired) electrons. The third kappa shape index (κ3) is 1.93. The zero-order valence-electron chi connectivity index (χ0n) is 9.43. The molecule has 2 aliphatic heterocycles. The van der Waals surface area contributed by atoms with Gasteiger partial charge in [-0.1, -0.05) is 0 Å². The second-order valence-corrected chi connectivity index (χ2v) is 4.77. The Hall–Kier alpha value is -1.42. The van der Waals surface area contributed by atoms with Crippen molar-refractivity contribution in [3.05, 3.63) is 35.6 Å². The lowest BCUT2D eigenvalue weighted by Crippen LogP contribution is -2.30. The molecular formula is C13H14FNO2. The van der Waals surface area contributed by atoms with Crippen LogP contribution in [0.25, 0.3) is 0 Å². The SMILES string of the molecule is O=C(c1ccc(F)cc1)N1C[C@H]2COC[C@H]2C1. The highest BCUT2D eigenvalue weighted by Gasteiger charge is 2.39. The van der Waals surface area contributed by atoms with Gasteiger partial charge in [-0.05, 0) is 24.3 Å². The summed E-state index contributed by atoms with van der Waals surface area (Å²) in [6, 6.07) is 5.74. The molecule has 0 saturated carbocycles. The largest absolute Gasteiger partial charge is 0.381 e. The average molecular weight is 235 g/mol. The van der Waals surface area contributed by atoms with Gasteiger partial charge in [0.05, 0.1) is 13.2 Å². The second kappa shape index (κ2) is 4.11. The van der Waals surface area contributed by atoms with Gasteiger partial charge in [0.1, 0.15) is 5.82 Å². The van der Waals surface area contributed by atoms with Crippen LogP contribution in [0.15, 0.2) is 24.3 Å². The molecule has 90 valence electrons. The number of rotatable bonds is 1. The Bertz CT molecular complexity index is 420. The van der Waals surface area contributed by atoms with E-state index in [0.717, 1.165) is 26.3 Å². The van der Waals surface area contributed by atoms with E-state index in [-0.39, 0.29) is 11.7 Å². The quantitative estimate of drug-likeness (QED) is 0.739. The first-order valence-electron chi connectivity index (χ1n) is 5.86. The van der Waals surface area contributed by atoms with Crippen molar-refractivity contribution in [3.63, 3.8) is 0 Å². The van der Waals surface area contributed by atoms with Crippen LogP contribution in [0, 0.1) is 17.7 Å². The second-order valence-electron chi connectivity index (χ2n) is 4.77. The van der Waals surface area contributed by atoms with E-state index in [4.69, 9.17) is 4.74 Å². The summed E-state index contributed by atoms with van der Waals surface area (Å²) in [5, 5.41) is 0. The first kappa shape index (κ1) is 10.7. The summed E-state index contributed by atoms with van der Waals surface area (Å²) in [4.78, 5) is 14.0. The molecule has 2 heterocycles. The van der Waals surface area contributed by atoms with Gasteiger partial charge < -0.3 is 9.64 Å². The number of ether oxygens (including phenoxy) is 1. The van der Waals surface area contributed by atoms with Crippen molar-refractivity contribution in [2.45, 2.75) is 0 Å². The molecule has 0 bridgehead atoms. The number of nitrogens with zero attached hydrogens (tertiary/aromatic N) is 1. The van der Waals surface area contributed by atoms with Gasteiger partial charge >= 0.3 is 0 Å². The zero-order valence-corrected chi connectivity index (χ0v) is 9.43. The molecule has 2 saturated heterocycles. The van der Waals surface area contributed by atoms with Crippen molar-refractivity contribution < 1.29 is 13.9 Å². The van der Waals surface area contributed by atoms with Gasteiger partial charge in [0.15, 0.2) is 0 Å². The molecule has 0 N–H and O–H groups in total. The van der Waals surface area contributed by atoms with E-state index in [1.54, 1.807) is 12.1 Å². The van der Waals surface area contributed by atoms with Gasteiger partial charge in [0, 0.05) is 30.5 Å². The van der Waals surface area contributed by atoms with E-state index in [1.165, 1.54) is 12.1 Å². The maximum Gasteiger partial charge on any atom is 0.253 e. The summed E-state index contributed by atoms with van der Waals surface area (Å²) >= 11 is 0. The molecule has 1 aromatic rings. The van der Waals surface area contributed by atoms with Gasteiger partial charge in [0.25, 0.3) is 5.91 Å². The molecule has 4 heteroatoms. The topological polar surface area (TPSA) is 29.5 Å². The predicted molar refractivity (Wildman–Crippen MR) is 60.1 cm³/mol. The Labute approximate surface area is 99.2 Å². The summed E-state index contributed by atoms with van der Waals surface area (Å²) in [5.74, 6) is 0.659. The first-order valence-corrected chi connectivity index (χ1v) is 5.86. The molecule has 3 rings (SSSR count). The van der Waals surface area contributed by atoms with E-state index in [1.807, 2.05) is 4.90 Å². The molecular weight excluding hydrogens is 221 g/mol. The fraction of sp³-hybridized carbons (Fsp3) is 0.462. The van der Waals surface area contributed by atoms with E-state index < -0.39 is 0 Å². The number of amides is 1. The lowest BCUT2D eigenvalue weighted by molar-refractivity contribution is 0.0751. The minimum Gasteiger partial charge on any atom is -0.381 e.